The molecule has 0 aromatic heterocycles. The summed E-state index contributed by atoms with van der Waals surface area (Å²) in [7, 11) is 3.09. The Balaban J connectivity index is 1.41. The summed E-state index contributed by atoms with van der Waals surface area (Å²) in [6.45, 7) is 1.93. The third kappa shape index (κ3) is 8.25. The lowest BCUT2D eigenvalue weighted by atomic mass is 10.1. The highest BCUT2D eigenvalue weighted by atomic mass is 32.2. The van der Waals surface area contributed by atoms with Gasteiger partial charge in [-0.1, -0.05) is 42.5 Å². The Morgan fingerprint density at radius 1 is 0.810 bits per heavy atom. The molecule has 0 saturated carbocycles. The van der Waals surface area contributed by atoms with E-state index in [2.05, 4.69) is 16.0 Å². The highest BCUT2D eigenvalue weighted by Crippen LogP contribution is 2.29. The third-order valence-electron chi connectivity index (χ3n) is 6.18. The summed E-state index contributed by atoms with van der Waals surface area (Å²) in [5.41, 5.74) is 3.39. The summed E-state index contributed by atoms with van der Waals surface area (Å²) in [6.07, 6.45) is 1.66. The first-order valence-electron chi connectivity index (χ1n) is 13.1. The summed E-state index contributed by atoms with van der Waals surface area (Å²) in [5, 5.41) is 8.45. The van der Waals surface area contributed by atoms with Gasteiger partial charge >= 0.3 is 0 Å². The van der Waals surface area contributed by atoms with Crippen molar-refractivity contribution in [1.29, 1.82) is 0 Å². The summed E-state index contributed by atoms with van der Waals surface area (Å²) >= 11 is 1.35. The number of aryl methyl sites for hydroxylation is 1. The monoisotopic (exact) mass is 581 g/mol. The molecule has 0 aliphatic rings. The van der Waals surface area contributed by atoms with Crippen molar-refractivity contribution in [2.24, 2.45) is 0 Å². The molecule has 0 saturated heterocycles. The molecule has 0 fully saturated rings. The zero-order valence-electron chi connectivity index (χ0n) is 23.5. The van der Waals surface area contributed by atoms with Crippen molar-refractivity contribution >= 4 is 46.9 Å². The molecule has 4 rings (SSSR count). The minimum absolute atomic E-state index is 0.112. The molecule has 4 aromatic rings. The molecule has 0 unspecified atom stereocenters. The number of nitrogens with one attached hydrogen (secondary N) is 3. The van der Waals surface area contributed by atoms with Crippen molar-refractivity contribution in [2.75, 3.05) is 30.6 Å². The largest absolute Gasteiger partial charge is 0.497 e. The van der Waals surface area contributed by atoms with E-state index >= 15 is 0 Å². The van der Waals surface area contributed by atoms with Crippen molar-refractivity contribution in [1.82, 2.24) is 5.32 Å². The average Bonchev–Trinajstić information content (AvgIpc) is 3.01. The maximum atomic E-state index is 13.3. The Labute approximate surface area is 249 Å². The molecule has 4 aromatic carbocycles. The van der Waals surface area contributed by atoms with Gasteiger partial charge in [-0.15, -0.1) is 11.8 Å². The van der Waals surface area contributed by atoms with Gasteiger partial charge in [0.05, 0.1) is 25.7 Å². The zero-order valence-corrected chi connectivity index (χ0v) is 24.3. The Morgan fingerprint density at radius 2 is 1.52 bits per heavy atom. The molecule has 0 aliphatic carbocycles. The number of amides is 3. The summed E-state index contributed by atoms with van der Waals surface area (Å²) in [4.78, 5) is 39.6. The van der Waals surface area contributed by atoms with Crippen LogP contribution >= 0.6 is 11.8 Å². The predicted molar refractivity (Wildman–Crippen MR) is 167 cm³/mol. The molecule has 9 heteroatoms. The first-order chi connectivity index (χ1) is 20.4. The van der Waals surface area contributed by atoms with Crippen LogP contribution in [0.3, 0.4) is 0 Å². The molecule has 3 amide bonds. The Morgan fingerprint density at radius 3 is 2.21 bits per heavy atom. The first-order valence-corrected chi connectivity index (χ1v) is 14.0. The Bertz CT molecular complexity index is 1590. The number of thioether (sulfide) groups is 1. The van der Waals surface area contributed by atoms with Gasteiger partial charge in [0, 0.05) is 22.2 Å². The van der Waals surface area contributed by atoms with Crippen molar-refractivity contribution in [3.63, 3.8) is 0 Å². The van der Waals surface area contributed by atoms with Gasteiger partial charge in [0.15, 0.2) is 0 Å². The van der Waals surface area contributed by atoms with E-state index < -0.39 is 5.91 Å². The lowest BCUT2D eigenvalue weighted by molar-refractivity contribution is -0.114. The van der Waals surface area contributed by atoms with Crippen LogP contribution in [0, 0.1) is 6.92 Å². The number of carbonyl (C=O) groups excluding carboxylic acids is 3. The van der Waals surface area contributed by atoms with E-state index in [-0.39, 0.29) is 23.3 Å². The van der Waals surface area contributed by atoms with Crippen LogP contribution in [0.15, 0.2) is 108 Å². The van der Waals surface area contributed by atoms with E-state index in [4.69, 9.17) is 9.47 Å². The molecule has 0 atom stereocenters. The zero-order chi connectivity index (χ0) is 29.9. The number of ether oxygens (including phenoxy) is 2. The van der Waals surface area contributed by atoms with Crippen molar-refractivity contribution in [3.8, 4) is 11.5 Å². The van der Waals surface area contributed by atoms with Gasteiger partial charge in [-0.3, -0.25) is 14.4 Å². The highest BCUT2D eigenvalue weighted by molar-refractivity contribution is 8.00. The second kappa shape index (κ2) is 14.6. The van der Waals surface area contributed by atoms with Crippen molar-refractivity contribution < 1.29 is 23.9 Å². The van der Waals surface area contributed by atoms with E-state index in [1.807, 2.05) is 49.4 Å². The van der Waals surface area contributed by atoms with Gasteiger partial charge in [0.1, 0.15) is 17.2 Å². The van der Waals surface area contributed by atoms with E-state index in [0.29, 0.717) is 28.4 Å². The minimum atomic E-state index is -0.463. The number of benzene rings is 4. The quantitative estimate of drug-likeness (QED) is 0.145. The molecule has 0 radical (unpaired) electrons. The van der Waals surface area contributed by atoms with Gasteiger partial charge in [-0.2, -0.15) is 0 Å². The predicted octanol–water partition coefficient (Wildman–Crippen LogP) is 6.15. The fraction of sp³-hybridized carbons (Fsp3) is 0.121. The van der Waals surface area contributed by atoms with Crippen LogP contribution < -0.4 is 25.4 Å². The number of anilines is 2. The van der Waals surface area contributed by atoms with E-state index in [9.17, 15) is 14.4 Å². The van der Waals surface area contributed by atoms with Crippen LogP contribution in [0.1, 0.15) is 21.5 Å². The fourth-order valence-corrected chi connectivity index (χ4v) is 4.62. The minimum Gasteiger partial charge on any atom is -0.497 e. The number of methoxy groups -OCH3 is 2. The van der Waals surface area contributed by atoms with Crippen LogP contribution in [-0.4, -0.2) is 37.7 Å². The van der Waals surface area contributed by atoms with Crippen LogP contribution in [0.2, 0.25) is 0 Å². The van der Waals surface area contributed by atoms with Crippen LogP contribution in [0.5, 0.6) is 11.5 Å². The summed E-state index contributed by atoms with van der Waals surface area (Å²) < 4.78 is 10.5. The summed E-state index contributed by atoms with van der Waals surface area (Å²) in [6, 6.07) is 28.6. The molecule has 8 nitrogen and oxygen atoms in total. The third-order valence-corrected chi connectivity index (χ3v) is 7.19. The fourth-order valence-electron chi connectivity index (χ4n) is 3.93. The van der Waals surface area contributed by atoms with Crippen molar-refractivity contribution in [3.05, 3.63) is 119 Å². The lowest BCUT2D eigenvalue weighted by Gasteiger charge is -2.13. The standard InChI is InChI=1S/C33H31N3O5S/c1-22-9-7-8-12-24(22)19-29(36-32(38)23-10-5-4-6-11-23)33(39)34-25-13-16-27(17-14-25)42-21-31(37)35-28-20-26(40-2)15-18-30(28)41-3/h4-20H,21H2,1-3H3,(H,34,39)(H,35,37)(H,36,38)/b29-19-. The van der Waals surface area contributed by atoms with Crippen LogP contribution in [-0.2, 0) is 9.59 Å². The highest BCUT2D eigenvalue weighted by Gasteiger charge is 2.16. The number of hydrogen-bond donors (Lipinski definition) is 3. The van der Waals surface area contributed by atoms with E-state index in [1.165, 1.54) is 18.9 Å². The van der Waals surface area contributed by atoms with Gasteiger partial charge in [-0.25, -0.2) is 0 Å². The van der Waals surface area contributed by atoms with E-state index in [0.717, 1.165) is 16.0 Å². The van der Waals surface area contributed by atoms with Crippen LogP contribution in [0.25, 0.3) is 6.08 Å². The molecule has 3 N–H and O–H groups in total. The van der Waals surface area contributed by atoms with E-state index in [1.54, 1.807) is 67.8 Å². The normalized spacial score (nSPS) is 10.9. The molecular formula is C33H31N3O5S. The van der Waals surface area contributed by atoms with Gasteiger partial charge in [0.25, 0.3) is 11.8 Å². The second-order valence-electron chi connectivity index (χ2n) is 9.12. The summed E-state index contributed by atoms with van der Waals surface area (Å²) in [5.74, 6) is 0.250. The Kier molecular flexibility index (Phi) is 10.4. The smallest absolute Gasteiger partial charge is 0.272 e. The molecule has 0 heterocycles. The maximum absolute atomic E-state index is 13.3. The average molecular weight is 582 g/mol. The molecule has 42 heavy (non-hydrogen) atoms. The topological polar surface area (TPSA) is 106 Å². The Hall–Kier alpha value is -5.02. The lowest BCUT2D eigenvalue weighted by Crippen LogP contribution is -2.30. The van der Waals surface area contributed by atoms with Gasteiger partial charge in [-0.05, 0) is 72.7 Å². The SMILES string of the molecule is COc1ccc(OC)c(NC(=O)CSc2ccc(NC(=O)/C(=C/c3ccccc3C)NC(=O)c3ccccc3)cc2)c1. The molecular weight excluding hydrogens is 550 g/mol. The van der Waals surface area contributed by atoms with Crippen molar-refractivity contribution in [2.45, 2.75) is 11.8 Å². The second-order valence-corrected chi connectivity index (χ2v) is 10.2. The number of carbonyl (C=O) groups is 3. The maximum Gasteiger partial charge on any atom is 0.272 e. The first kappa shape index (κ1) is 30.0. The number of rotatable bonds is 11. The number of hydrogen-bond acceptors (Lipinski definition) is 6. The molecule has 0 aliphatic heterocycles. The molecule has 0 bridgehead atoms. The van der Waals surface area contributed by atoms with Gasteiger partial charge in [0.2, 0.25) is 5.91 Å². The van der Waals surface area contributed by atoms with Gasteiger partial charge < -0.3 is 25.4 Å². The molecule has 214 valence electrons. The van der Waals surface area contributed by atoms with Crippen LogP contribution in [0.4, 0.5) is 11.4 Å². The molecule has 0 spiro atoms.